The highest BCUT2D eigenvalue weighted by atomic mass is 16.1. The van der Waals surface area contributed by atoms with E-state index in [1.165, 1.54) is 0 Å². The van der Waals surface area contributed by atoms with E-state index < -0.39 is 0 Å². The lowest BCUT2D eigenvalue weighted by molar-refractivity contribution is -0.119. The zero-order chi connectivity index (χ0) is 8.10. The molecule has 0 aromatic carbocycles. The van der Waals surface area contributed by atoms with Crippen LogP contribution in [0.5, 0.6) is 0 Å². The first-order valence-corrected chi connectivity index (χ1v) is 3.33. The van der Waals surface area contributed by atoms with Crippen molar-refractivity contribution in [2.24, 2.45) is 0 Å². The summed E-state index contributed by atoms with van der Waals surface area (Å²) < 4.78 is 0. The van der Waals surface area contributed by atoms with Gasteiger partial charge in [0.2, 0.25) is 5.91 Å². The Morgan fingerprint density at radius 3 is 3.18 bits per heavy atom. The summed E-state index contributed by atoms with van der Waals surface area (Å²) in [6.45, 7) is 0. The van der Waals surface area contributed by atoms with Crippen LogP contribution in [0.2, 0.25) is 0 Å². The fourth-order valence-corrected chi connectivity index (χ4v) is 0.728. The lowest BCUT2D eigenvalue weighted by atomic mass is 10.2. The topological polar surface area (TPSA) is 42.0 Å². The van der Waals surface area contributed by atoms with Crippen molar-refractivity contribution in [3.8, 4) is 0 Å². The molecule has 3 nitrogen and oxygen atoms in total. The van der Waals surface area contributed by atoms with Gasteiger partial charge in [-0.1, -0.05) is 0 Å². The molecule has 11 heavy (non-hydrogen) atoms. The number of amides is 1. The molecular weight excluding hydrogens is 140 g/mol. The number of carbonyl (C=O) groups excluding carboxylic acids is 1. The number of hydrogen-bond donors (Lipinski definition) is 1. The van der Waals surface area contributed by atoms with Gasteiger partial charge in [-0.3, -0.25) is 9.78 Å². The van der Waals surface area contributed by atoms with E-state index in [9.17, 15) is 4.79 Å². The quantitative estimate of drug-likeness (QED) is 0.651. The minimum Gasteiger partial charge on any atom is -0.359 e. The Morgan fingerprint density at radius 1 is 1.82 bits per heavy atom. The number of pyridine rings is 1. The van der Waals surface area contributed by atoms with Crippen LogP contribution in [0.25, 0.3) is 0 Å². The van der Waals surface area contributed by atoms with Crippen molar-refractivity contribution in [3.63, 3.8) is 0 Å². The van der Waals surface area contributed by atoms with Crippen molar-refractivity contribution < 1.29 is 4.79 Å². The minimum absolute atomic E-state index is 0.00796. The van der Waals surface area contributed by atoms with Crippen LogP contribution in [0.3, 0.4) is 0 Å². The van der Waals surface area contributed by atoms with Crippen molar-refractivity contribution in [1.82, 2.24) is 10.3 Å². The van der Waals surface area contributed by atoms with Gasteiger partial charge >= 0.3 is 0 Å². The Bertz CT molecular complexity index is 233. The maximum absolute atomic E-state index is 10.8. The molecule has 0 atom stereocenters. The van der Waals surface area contributed by atoms with Gasteiger partial charge in [-0.2, -0.15) is 0 Å². The van der Waals surface area contributed by atoms with Crippen LogP contribution in [0.4, 0.5) is 0 Å². The van der Waals surface area contributed by atoms with Crippen molar-refractivity contribution in [2.75, 3.05) is 7.05 Å². The van der Waals surface area contributed by atoms with Gasteiger partial charge in [0.25, 0.3) is 0 Å². The van der Waals surface area contributed by atoms with Gasteiger partial charge in [-0.05, 0) is 11.6 Å². The summed E-state index contributed by atoms with van der Waals surface area (Å²) in [6.07, 6.45) is 3.60. The summed E-state index contributed by atoms with van der Waals surface area (Å²) in [5, 5.41) is 2.53. The van der Waals surface area contributed by atoms with Gasteiger partial charge in [-0.25, -0.2) is 0 Å². The number of nitrogens with zero attached hydrogens (tertiary/aromatic N) is 1. The predicted octanol–water partition coefficient (Wildman–Crippen LogP) is 0.170. The molecule has 1 heterocycles. The van der Waals surface area contributed by atoms with Gasteiger partial charge in [0.1, 0.15) is 0 Å². The Labute approximate surface area is 65.5 Å². The molecule has 0 unspecified atom stereocenters. The Hall–Kier alpha value is -1.38. The normalized spacial score (nSPS) is 9.18. The molecule has 0 bridgehead atoms. The van der Waals surface area contributed by atoms with Gasteiger partial charge in [0, 0.05) is 25.5 Å². The van der Waals surface area contributed by atoms with E-state index in [1.807, 2.05) is 0 Å². The number of carbonyl (C=O) groups is 1. The fraction of sp³-hybridized carbons (Fsp3) is 0.250. The molecule has 0 aliphatic rings. The third kappa shape index (κ3) is 2.37. The molecule has 0 spiro atoms. The van der Waals surface area contributed by atoms with Crippen molar-refractivity contribution in [1.29, 1.82) is 0 Å². The molecule has 0 saturated heterocycles. The van der Waals surface area contributed by atoms with Gasteiger partial charge in [0.15, 0.2) is 0 Å². The van der Waals surface area contributed by atoms with Crippen LogP contribution in [0.15, 0.2) is 18.5 Å². The first-order chi connectivity index (χ1) is 5.33. The average Bonchev–Trinajstić information content (AvgIpc) is 2.06. The molecule has 0 saturated carbocycles. The average molecular weight is 149 g/mol. The molecule has 1 N–H and O–H groups in total. The SMILES string of the molecule is CNC(=O)Cc1c[c]cnc1. The zero-order valence-electron chi connectivity index (χ0n) is 6.29. The molecule has 0 aliphatic carbocycles. The third-order valence-corrected chi connectivity index (χ3v) is 1.30. The van der Waals surface area contributed by atoms with Gasteiger partial charge in [-0.15, -0.1) is 0 Å². The molecular formula is C8H9N2O. The molecule has 0 fully saturated rings. The highest BCUT2D eigenvalue weighted by Crippen LogP contribution is 1.95. The second-order valence-electron chi connectivity index (χ2n) is 2.14. The number of aromatic nitrogens is 1. The lowest BCUT2D eigenvalue weighted by Gasteiger charge is -1.97. The van der Waals surface area contributed by atoms with Crippen LogP contribution >= 0.6 is 0 Å². The maximum Gasteiger partial charge on any atom is 0.224 e. The Balaban J connectivity index is 2.58. The van der Waals surface area contributed by atoms with Gasteiger partial charge < -0.3 is 5.32 Å². The molecule has 1 rings (SSSR count). The molecule has 1 amide bonds. The highest BCUT2D eigenvalue weighted by molar-refractivity contribution is 5.77. The monoisotopic (exact) mass is 149 g/mol. The van der Waals surface area contributed by atoms with Crippen molar-refractivity contribution in [3.05, 3.63) is 30.1 Å². The summed E-state index contributed by atoms with van der Waals surface area (Å²) in [7, 11) is 1.61. The maximum atomic E-state index is 10.8. The molecule has 1 aromatic heterocycles. The van der Waals surface area contributed by atoms with Crippen LogP contribution in [-0.2, 0) is 11.2 Å². The smallest absolute Gasteiger partial charge is 0.224 e. The number of likely N-dealkylation sites (N-methyl/N-ethyl adjacent to an activating group) is 1. The predicted molar refractivity (Wildman–Crippen MR) is 40.8 cm³/mol. The summed E-state index contributed by atoms with van der Waals surface area (Å²) >= 11 is 0. The Kier molecular flexibility index (Phi) is 2.60. The minimum atomic E-state index is -0.00796. The summed E-state index contributed by atoms with van der Waals surface area (Å²) in [6, 6.07) is 4.55. The van der Waals surface area contributed by atoms with Crippen molar-refractivity contribution in [2.45, 2.75) is 6.42 Å². The molecule has 1 aromatic rings. The third-order valence-electron chi connectivity index (χ3n) is 1.30. The highest BCUT2D eigenvalue weighted by Gasteiger charge is 1.98. The van der Waals surface area contributed by atoms with Crippen LogP contribution in [0.1, 0.15) is 5.56 Å². The summed E-state index contributed by atoms with van der Waals surface area (Å²) in [4.78, 5) is 14.7. The lowest BCUT2D eigenvalue weighted by Crippen LogP contribution is -2.19. The second kappa shape index (κ2) is 3.71. The summed E-state index contributed by atoms with van der Waals surface area (Å²) in [5.41, 5.74) is 0.881. The molecule has 57 valence electrons. The number of nitrogens with one attached hydrogen (secondary N) is 1. The van der Waals surface area contributed by atoms with E-state index in [0.29, 0.717) is 6.42 Å². The first kappa shape index (κ1) is 7.72. The molecule has 3 heteroatoms. The van der Waals surface area contributed by atoms with Crippen LogP contribution < -0.4 is 5.32 Å². The standard InChI is InChI=1S/C8H9N2O/c1-9-8(11)5-7-3-2-4-10-6-7/h3-4,6H,5H2,1H3,(H,9,11). The van der Waals surface area contributed by atoms with E-state index >= 15 is 0 Å². The molecule has 0 aliphatic heterocycles. The van der Waals surface area contributed by atoms with Gasteiger partial charge in [0.05, 0.1) is 6.42 Å². The Morgan fingerprint density at radius 2 is 2.64 bits per heavy atom. The fourth-order valence-electron chi connectivity index (χ4n) is 0.728. The van der Waals surface area contributed by atoms with E-state index in [-0.39, 0.29) is 5.91 Å². The summed E-state index contributed by atoms with van der Waals surface area (Å²) in [5.74, 6) is -0.00796. The molecule has 1 radical (unpaired) electrons. The first-order valence-electron chi connectivity index (χ1n) is 3.33. The van der Waals surface area contributed by atoms with Crippen LogP contribution in [0, 0.1) is 6.07 Å². The zero-order valence-corrected chi connectivity index (χ0v) is 6.29. The number of rotatable bonds is 2. The van der Waals surface area contributed by atoms with Crippen molar-refractivity contribution >= 4 is 5.91 Å². The van der Waals surface area contributed by atoms with E-state index in [2.05, 4.69) is 16.4 Å². The number of hydrogen-bond acceptors (Lipinski definition) is 2. The van der Waals surface area contributed by atoms with E-state index in [0.717, 1.165) is 5.56 Å². The van der Waals surface area contributed by atoms with E-state index in [4.69, 9.17) is 0 Å². The largest absolute Gasteiger partial charge is 0.359 e. The van der Waals surface area contributed by atoms with E-state index in [1.54, 1.807) is 25.5 Å². The van der Waals surface area contributed by atoms with Crippen LogP contribution in [-0.4, -0.2) is 17.9 Å². The second-order valence-corrected chi connectivity index (χ2v) is 2.14.